The first-order chi connectivity index (χ1) is 9.78. The molecule has 0 aliphatic carbocycles. The fourth-order valence-corrected chi connectivity index (χ4v) is 2.51. The molecule has 0 aromatic carbocycles. The molecule has 0 radical (unpaired) electrons. The first-order valence-electron chi connectivity index (χ1n) is 6.76. The SMILES string of the molecule is COC(=O)c1cccn2cc(CN3CCNCC3)nc12. The van der Waals surface area contributed by atoms with Crippen LogP contribution in [-0.2, 0) is 11.3 Å². The van der Waals surface area contributed by atoms with E-state index in [0.29, 0.717) is 11.2 Å². The summed E-state index contributed by atoms with van der Waals surface area (Å²) < 4.78 is 6.67. The van der Waals surface area contributed by atoms with Crippen molar-refractivity contribution in [2.24, 2.45) is 0 Å². The number of ether oxygens (including phenoxy) is 1. The van der Waals surface area contributed by atoms with Crippen LogP contribution in [0.2, 0.25) is 0 Å². The van der Waals surface area contributed by atoms with E-state index in [1.165, 1.54) is 7.11 Å². The second kappa shape index (κ2) is 5.60. The number of pyridine rings is 1. The van der Waals surface area contributed by atoms with Crippen LogP contribution < -0.4 is 5.32 Å². The van der Waals surface area contributed by atoms with Gasteiger partial charge in [-0.3, -0.25) is 4.90 Å². The molecule has 20 heavy (non-hydrogen) atoms. The highest BCUT2D eigenvalue weighted by Crippen LogP contribution is 2.13. The van der Waals surface area contributed by atoms with Gasteiger partial charge in [0, 0.05) is 45.1 Å². The Kier molecular flexibility index (Phi) is 3.66. The lowest BCUT2D eigenvalue weighted by atomic mass is 10.3. The minimum Gasteiger partial charge on any atom is -0.465 e. The van der Waals surface area contributed by atoms with Crippen LogP contribution in [0.5, 0.6) is 0 Å². The predicted octanol–water partition coefficient (Wildman–Crippen LogP) is 0.526. The summed E-state index contributed by atoms with van der Waals surface area (Å²) in [5.41, 5.74) is 2.13. The molecule has 0 bridgehead atoms. The van der Waals surface area contributed by atoms with Crippen molar-refractivity contribution >= 4 is 11.6 Å². The second-order valence-corrected chi connectivity index (χ2v) is 4.90. The van der Waals surface area contributed by atoms with E-state index in [4.69, 9.17) is 4.74 Å². The van der Waals surface area contributed by atoms with E-state index in [9.17, 15) is 4.79 Å². The molecule has 1 saturated heterocycles. The van der Waals surface area contributed by atoms with Crippen molar-refractivity contribution in [1.82, 2.24) is 19.6 Å². The Morgan fingerprint density at radius 1 is 1.45 bits per heavy atom. The molecular weight excluding hydrogens is 256 g/mol. The summed E-state index contributed by atoms with van der Waals surface area (Å²) in [5, 5.41) is 3.33. The quantitative estimate of drug-likeness (QED) is 0.827. The van der Waals surface area contributed by atoms with Crippen LogP contribution in [0, 0.1) is 0 Å². The molecule has 6 heteroatoms. The van der Waals surface area contributed by atoms with Gasteiger partial charge in [-0.25, -0.2) is 9.78 Å². The van der Waals surface area contributed by atoms with Gasteiger partial charge in [-0.05, 0) is 12.1 Å². The van der Waals surface area contributed by atoms with Gasteiger partial charge < -0.3 is 14.5 Å². The molecule has 106 valence electrons. The molecule has 6 nitrogen and oxygen atoms in total. The van der Waals surface area contributed by atoms with Gasteiger partial charge in [0.1, 0.15) is 5.56 Å². The third kappa shape index (κ3) is 2.52. The molecule has 1 aliphatic rings. The number of hydrogen-bond donors (Lipinski definition) is 1. The van der Waals surface area contributed by atoms with Gasteiger partial charge in [0.15, 0.2) is 5.65 Å². The van der Waals surface area contributed by atoms with E-state index < -0.39 is 0 Å². The summed E-state index contributed by atoms with van der Waals surface area (Å²) in [6.07, 6.45) is 3.87. The third-order valence-corrected chi connectivity index (χ3v) is 3.53. The van der Waals surface area contributed by atoms with Crippen molar-refractivity contribution in [2.45, 2.75) is 6.54 Å². The number of nitrogens with one attached hydrogen (secondary N) is 1. The number of rotatable bonds is 3. The van der Waals surface area contributed by atoms with Crippen molar-refractivity contribution < 1.29 is 9.53 Å². The summed E-state index contributed by atoms with van der Waals surface area (Å²) in [7, 11) is 1.39. The molecule has 2 aromatic rings. The molecule has 1 aliphatic heterocycles. The van der Waals surface area contributed by atoms with Crippen LogP contribution in [0.25, 0.3) is 5.65 Å². The van der Waals surface area contributed by atoms with Gasteiger partial charge in [-0.2, -0.15) is 0 Å². The summed E-state index contributed by atoms with van der Waals surface area (Å²) in [4.78, 5) is 18.7. The van der Waals surface area contributed by atoms with Gasteiger partial charge in [0.05, 0.1) is 12.8 Å². The molecule has 3 rings (SSSR count). The van der Waals surface area contributed by atoms with Crippen molar-refractivity contribution in [2.75, 3.05) is 33.3 Å². The van der Waals surface area contributed by atoms with Gasteiger partial charge >= 0.3 is 5.97 Å². The number of esters is 1. The normalized spacial score (nSPS) is 16.4. The highest BCUT2D eigenvalue weighted by molar-refractivity contribution is 5.95. The zero-order chi connectivity index (χ0) is 13.9. The van der Waals surface area contributed by atoms with E-state index >= 15 is 0 Å². The Balaban J connectivity index is 1.88. The Morgan fingerprint density at radius 2 is 2.25 bits per heavy atom. The zero-order valence-electron chi connectivity index (χ0n) is 11.5. The van der Waals surface area contributed by atoms with Crippen LogP contribution in [-0.4, -0.2) is 53.5 Å². The fraction of sp³-hybridized carbons (Fsp3) is 0.429. The van der Waals surface area contributed by atoms with E-state index in [1.807, 2.05) is 22.9 Å². The maximum Gasteiger partial charge on any atom is 0.341 e. The second-order valence-electron chi connectivity index (χ2n) is 4.90. The maximum absolute atomic E-state index is 11.7. The average molecular weight is 274 g/mol. The molecule has 0 atom stereocenters. The van der Waals surface area contributed by atoms with E-state index in [1.54, 1.807) is 6.07 Å². The topological polar surface area (TPSA) is 58.9 Å². The Morgan fingerprint density at radius 3 is 3.00 bits per heavy atom. The first-order valence-corrected chi connectivity index (χ1v) is 6.76. The molecule has 0 unspecified atom stereocenters. The fourth-order valence-electron chi connectivity index (χ4n) is 2.51. The summed E-state index contributed by atoms with van der Waals surface area (Å²) in [5.74, 6) is -0.352. The Hall–Kier alpha value is -1.92. The number of methoxy groups -OCH3 is 1. The lowest BCUT2D eigenvalue weighted by Gasteiger charge is -2.26. The standard InChI is InChI=1S/C14H18N4O2/c1-20-14(19)12-3-2-6-18-10-11(16-13(12)18)9-17-7-4-15-5-8-17/h2-3,6,10,15H,4-5,7-9H2,1H3. The summed E-state index contributed by atoms with van der Waals surface area (Å²) in [6.45, 7) is 4.89. The third-order valence-electron chi connectivity index (χ3n) is 3.53. The zero-order valence-corrected chi connectivity index (χ0v) is 11.5. The minimum atomic E-state index is -0.352. The highest BCUT2D eigenvalue weighted by atomic mass is 16.5. The number of fused-ring (bicyclic) bond motifs is 1. The van der Waals surface area contributed by atoms with Crippen LogP contribution in [0.3, 0.4) is 0 Å². The Labute approximate surface area is 117 Å². The predicted molar refractivity (Wildman–Crippen MR) is 74.7 cm³/mol. The van der Waals surface area contributed by atoms with E-state index in [-0.39, 0.29) is 5.97 Å². The monoisotopic (exact) mass is 274 g/mol. The number of piperazine rings is 1. The van der Waals surface area contributed by atoms with Gasteiger partial charge in [0.2, 0.25) is 0 Å². The van der Waals surface area contributed by atoms with E-state index in [2.05, 4.69) is 15.2 Å². The summed E-state index contributed by atoms with van der Waals surface area (Å²) in [6, 6.07) is 3.57. The molecule has 0 spiro atoms. The molecule has 1 fully saturated rings. The number of carbonyl (C=O) groups is 1. The molecule has 0 saturated carbocycles. The van der Waals surface area contributed by atoms with Crippen molar-refractivity contribution in [3.63, 3.8) is 0 Å². The highest BCUT2D eigenvalue weighted by Gasteiger charge is 2.15. The van der Waals surface area contributed by atoms with Gasteiger partial charge in [0.25, 0.3) is 0 Å². The molecule has 2 aromatic heterocycles. The molecule has 0 amide bonds. The number of carbonyl (C=O) groups excluding carboxylic acids is 1. The Bertz CT molecular complexity index is 617. The van der Waals surface area contributed by atoms with Crippen LogP contribution in [0.1, 0.15) is 16.1 Å². The largest absolute Gasteiger partial charge is 0.465 e. The van der Waals surface area contributed by atoms with Gasteiger partial charge in [-0.1, -0.05) is 0 Å². The lowest BCUT2D eigenvalue weighted by molar-refractivity contribution is 0.0602. The number of nitrogens with zero attached hydrogens (tertiary/aromatic N) is 3. The smallest absolute Gasteiger partial charge is 0.341 e. The lowest BCUT2D eigenvalue weighted by Crippen LogP contribution is -2.42. The van der Waals surface area contributed by atoms with Crippen molar-refractivity contribution in [3.8, 4) is 0 Å². The first kappa shape index (κ1) is 13.1. The van der Waals surface area contributed by atoms with Crippen molar-refractivity contribution in [1.29, 1.82) is 0 Å². The number of aromatic nitrogens is 2. The molecular formula is C14H18N4O2. The number of imidazole rings is 1. The number of hydrogen-bond acceptors (Lipinski definition) is 5. The summed E-state index contributed by atoms with van der Waals surface area (Å²) >= 11 is 0. The molecule has 3 heterocycles. The minimum absolute atomic E-state index is 0.352. The molecule has 1 N–H and O–H groups in total. The van der Waals surface area contributed by atoms with Crippen molar-refractivity contribution in [3.05, 3.63) is 35.8 Å². The average Bonchev–Trinajstić information content (AvgIpc) is 2.89. The maximum atomic E-state index is 11.7. The van der Waals surface area contributed by atoms with Crippen LogP contribution in [0.15, 0.2) is 24.5 Å². The van der Waals surface area contributed by atoms with Crippen LogP contribution >= 0.6 is 0 Å². The van der Waals surface area contributed by atoms with Gasteiger partial charge in [-0.15, -0.1) is 0 Å². The van der Waals surface area contributed by atoms with Crippen LogP contribution in [0.4, 0.5) is 0 Å². The van der Waals surface area contributed by atoms with E-state index in [0.717, 1.165) is 38.4 Å².